The number of nitrogens with zero attached hydrogens (tertiary/aromatic N) is 3. The summed E-state index contributed by atoms with van der Waals surface area (Å²) < 4.78 is 1.47. The first-order chi connectivity index (χ1) is 12.0. The van der Waals surface area contributed by atoms with E-state index in [9.17, 15) is 9.90 Å². The van der Waals surface area contributed by atoms with Gasteiger partial charge < -0.3 is 10.0 Å². The lowest BCUT2D eigenvalue weighted by Crippen LogP contribution is -2.26. The van der Waals surface area contributed by atoms with Crippen molar-refractivity contribution in [3.05, 3.63) is 63.0 Å². The van der Waals surface area contributed by atoms with Crippen LogP contribution in [0.4, 0.5) is 5.69 Å². The molecule has 1 N–H and O–H groups in total. The van der Waals surface area contributed by atoms with Gasteiger partial charge in [-0.15, -0.1) is 0 Å². The highest BCUT2D eigenvalue weighted by molar-refractivity contribution is 6.32. The molecule has 3 aromatic rings. The lowest BCUT2D eigenvalue weighted by atomic mass is 10.2. The molecule has 0 spiro atoms. The summed E-state index contributed by atoms with van der Waals surface area (Å²) in [5, 5.41) is 11.4. The summed E-state index contributed by atoms with van der Waals surface area (Å²) in [6, 6.07) is 12.2. The van der Waals surface area contributed by atoms with Gasteiger partial charge in [0.25, 0.3) is 5.56 Å². The predicted molar refractivity (Wildman–Crippen MR) is 100 cm³/mol. The molecule has 0 amide bonds. The molecule has 1 aromatic carbocycles. The van der Waals surface area contributed by atoms with Crippen LogP contribution in [0.25, 0.3) is 16.7 Å². The minimum atomic E-state index is -0.388. The average Bonchev–Trinajstić information content (AvgIpc) is 3.01. The van der Waals surface area contributed by atoms with Crippen LogP contribution in [0.1, 0.15) is 6.42 Å². The number of aromatic nitrogens is 2. The monoisotopic (exact) mass is 375 g/mol. The molecule has 1 aliphatic heterocycles. The summed E-state index contributed by atoms with van der Waals surface area (Å²) >= 11 is 12.4. The number of benzene rings is 1. The van der Waals surface area contributed by atoms with E-state index in [1.165, 1.54) is 4.57 Å². The van der Waals surface area contributed by atoms with E-state index in [0.29, 0.717) is 41.0 Å². The Balaban J connectivity index is 2.03. The first-order valence-corrected chi connectivity index (χ1v) is 8.70. The van der Waals surface area contributed by atoms with Crippen molar-refractivity contribution in [2.75, 3.05) is 18.0 Å². The van der Waals surface area contributed by atoms with Gasteiger partial charge >= 0.3 is 0 Å². The maximum atomic E-state index is 12.9. The minimum absolute atomic E-state index is 0.244. The Morgan fingerprint density at radius 2 is 1.92 bits per heavy atom. The fourth-order valence-corrected chi connectivity index (χ4v) is 3.61. The largest absolute Gasteiger partial charge is 0.391 e. The Morgan fingerprint density at radius 3 is 2.64 bits per heavy atom. The number of halogens is 2. The second kappa shape index (κ2) is 6.33. The number of pyridine rings is 2. The lowest BCUT2D eigenvalue weighted by molar-refractivity contribution is 0.198. The third-order valence-corrected chi connectivity index (χ3v) is 4.94. The molecule has 0 aliphatic carbocycles. The predicted octanol–water partition coefficient (Wildman–Crippen LogP) is 3.26. The Bertz CT molecular complexity index is 1020. The molecule has 1 atom stereocenters. The van der Waals surface area contributed by atoms with Crippen molar-refractivity contribution >= 4 is 39.9 Å². The number of aliphatic hydroxyl groups is 1. The first kappa shape index (κ1) is 16.4. The van der Waals surface area contributed by atoms with E-state index in [-0.39, 0.29) is 11.7 Å². The molecule has 7 heteroatoms. The van der Waals surface area contributed by atoms with Crippen LogP contribution in [0.5, 0.6) is 0 Å². The molecular weight excluding hydrogens is 361 g/mol. The van der Waals surface area contributed by atoms with E-state index in [4.69, 9.17) is 23.2 Å². The van der Waals surface area contributed by atoms with Gasteiger partial charge in [0.05, 0.1) is 22.5 Å². The van der Waals surface area contributed by atoms with Crippen molar-refractivity contribution in [2.24, 2.45) is 0 Å². The van der Waals surface area contributed by atoms with Crippen LogP contribution in [-0.2, 0) is 0 Å². The van der Waals surface area contributed by atoms with Crippen molar-refractivity contribution in [1.82, 2.24) is 9.55 Å². The molecular formula is C18H15Cl2N3O2. The quantitative estimate of drug-likeness (QED) is 0.698. The standard InChI is InChI=1S/C18H15Cl2N3O2/c19-13-3-1-2-4-14(13)23-17(25)9-15(22-8-7-11(24)10-22)12-5-6-16(20)21-18(12)23/h1-6,9,11,24H,7-8,10H2/t11-/m1/s1. The molecule has 1 aliphatic rings. The summed E-state index contributed by atoms with van der Waals surface area (Å²) in [7, 11) is 0. The normalized spacial score (nSPS) is 17.4. The summed E-state index contributed by atoms with van der Waals surface area (Å²) in [6.45, 7) is 1.18. The zero-order valence-corrected chi connectivity index (χ0v) is 14.7. The van der Waals surface area contributed by atoms with Crippen LogP contribution >= 0.6 is 23.2 Å². The number of hydrogen-bond donors (Lipinski definition) is 1. The Morgan fingerprint density at radius 1 is 1.12 bits per heavy atom. The molecule has 25 heavy (non-hydrogen) atoms. The van der Waals surface area contributed by atoms with Gasteiger partial charge in [-0.25, -0.2) is 4.98 Å². The Hall–Kier alpha value is -2.08. The fraction of sp³-hybridized carbons (Fsp3) is 0.222. The lowest BCUT2D eigenvalue weighted by Gasteiger charge is -2.21. The number of fused-ring (bicyclic) bond motifs is 1. The Kier molecular flexibility index (Phi) is 4.15. The number of hydrogen-bond acceptors (Lipinski definition) is 4. The molecule has 0 saturated carbocycles. The van der Waals surface area contributed by atoms with Gasteiger partial charge in [-0.2, -0.15) is 0 Å². The fourth-order valence-electron chi connectivity index (χ4n) is 3.25. The SMILES string of the molecule is O=c1cc(N2CC[C@@H](O)C2)c2ccc(Cl)nc2n1-c1ccccc1Cl. The van der Waals surface area contributed by atoms with Crippen molar-refractivity contribution < 1.29 is 5.11 Å². The average molecular weight is 376 g/mol. The van der Waals surface area contributed by atoms with Crippen molar-refractivity contribution in [2.45, 2.75) is 12.5 Å². The number of anilines is 1. The van der Waals surface area contributed by atoms with E-state index in [0.717, 1.165) is 11.1 Å². The molecule has 4 rings (SSSR count). The van der Waals surface area contributed by atoms with Crippen molar-refractivity contribution in [3.8, 4) is 5.69 Å². The second-order valence-electron chi connectivity index (χ2n) is 6.05. The van der Waals surface area contributed by atoms with Crippen LogP contribution in [0, 0.1) is 0 Å². The zero-order chi connectivity index (χ0) is 17.6. The molecule has 5 nitrogen and oxygen atoms in total. The molecule has 1 fully saturated rings. The van der Waals surface area contributed by atoms with Gasteiger partial charge in [-0.05, 0) is 30.7 Å². The topological polar surface area (TPSA) is 58.4 Å². The molecule has 0 radical (unpaired) electrons. The van der Waals surface area contributed by atoms with Gasteiger partial charge in [0.1, 0.15) is 5.15 Å². The van der Waals surface area contributed by atoms with E-state index >= 15 is 0 Å². The van der Waals surface area contributed by atoms with Gasteiger partial charge in [0, 0.05) is 24.5 Å². The molecule has 2 aromatic heterocycles. The van der Waals surface area contributed by atoms with Gasteiger partial charge in [-0.3, -0.25) is 9.36 Å². The minimum Gasteiger partial charge on any atom is -0.391 e. The van der Waals surface area contributed by atoms with E-state index in [1.807, 2.05) is 17.0 Å². The van der Waals surface area contributed by atoms with E-state index < -0.39 is 0 Å². The maximum absolute atomic E-state index is 12.9. The highest BCUT2D eigenvalue weighted by Crippen LogP contribution is 2.30. The van der Waals surface area contributed by atoms with Crippen LogP contribution < -0.4 is 10.5 Å². The third kappa shape index (κ3) is 2.88. The molecule has 1 saturated heterocycles. The number of aliphatic hydroxyl groups excluding tert-OH is 1. The number of para-hydroxylation sites is 1. The molecule has 3 heterocycles. The highest BCUT2D eigenvalue weighted by Gasteiger charge is 2.24. The number of β-amino-alcohol motifs (C(OH)–C–C–N with tert-alkyl or cyclic N) is 1. The maximum Gasteiger partial charge on any atom is 0.258 e. The van der Waals surface area contributed by atoms with Crippen LogP contribution in [0.2, 0.25) is 10.2 Å². The van der Waals surface area contributed by atoms with Gasteiger partial charge in [0.15, 0.2) is 5.65 Å². The Labute approximate surface area is 154 Å². The zero-order valence-electron chi connectivity index (χ0n) is 13.2. The van der Waals surface area contributed by atoms with Crippen LogP contribution in [-0.4, -0.2) is 33.9 Å². The smallest absolute Gasteiger partial charge is 0.258 e. The second-order valence-corrected chi connectivity index (χ2v) is 6.84. The van der Waals surface area contributed by atoms with E-state index in [2.05, 4.69) is 4.98 Å². The van der Waals surface area contributed by atoms with Gasteiger partial charge in [0.2, 0.25) is 0 Å². The van der Waals surface area contributed by atoms with E-state index in [1.54, 1.807) is 30.3 Å². The van der Waals surface area contributed by atoms with Crippen LogP contribution in [0.15, 0.2) is 47.3 Å². The van der Waals surface area contributed by atoms with Crippen LogP contribution in [0.3, 0.4) is 0 Å². The third-order valence-electron chi connectivity index (χ3n) is 4.41. The highest BCUT2D eigenvalue weighted by atomic mass is 35.5. The van der Waals surface area contributed by atoms with Gasteiger partial charge in [-0.1, -0.05) is 35.3 Å². The molecule has 0 bridgehead atoms. The molecule has 128 valence electrons. The number of rotatable bonds is 2. The summed E-state index contributed by atoms with van der Waals surface area (Å²) in [4.78, 5) is 19.3. The summed E-state index contributed by atoms with van der Waals surface area (Å²) in [6.07, 6.45) is 0.289. The first-order valence-electron chi connectivity index (χ1n) is 7.95. The molecule has 0 unspecified atom stereocenters. The summed E-state index contributed by atoms with van der Waals surface area (Å²) in [5.74, 6) is 0. The summed E-state index contributed by atoms with van der Waals surface area (Å²) in [5.41, 5.74) is 1.52. The van der Waals surface area contributed by atoms with Crippen molar-refractivity contribution in [3.63, 3.8) is 0 Å². The van der Waals surface area contributed by atoms with Crippen molar-refractivity contribution in [1.29, 1.82) is 0 Å².